The molecule has 0 saturated carbocycles. The maximum absolute atomic E-state index is 13.6. The third-order valence-corrected chi connectivity index (χ3v) is 2.07. The highest BCUT2D eigenvalue weighted by Gasteiger charge is 2.10. The summed E-state index contributed by atoms with van der Waals surface area (Å²) in [5.74, 6) is 5.20. The smallest absolute Gasteiger partial charge is 0.168 e. The van der Waals surface area contributed by atoms with Crippen LogP contribution < -0.4 is 16.0 Å². The minimum absolute atomic E-state index is 0.0385. The molecule has 0 aromatic heterocycles. The highest BCUT2D eigenvalue weighted by Crippen LogP contribution is 2.20. The molecule has 0 radical (unpaired) electrons. The first-order valence-corrected chi connectivity index (χ1v) is 4.46. The summed E-state index contributed by atoms with van der Waals surface area (Å²) in [4.78, 5) is 0. The minimum Gasteiger partial charge on any atom is -0.494 e. The van der Waals surface area contributed by atoms with Crippen molar-refractivity contribution in [1.82, 2.24) is 5.43 Å². The molecule has 1 aromatic rings. The molecule has 0 aliphatic rings. The van der Waals surface area contributed by atoms with Gasteiger partial charge in [-0.15, -0.1) is 0 Å². The molecule has 1 atom stereocenters. The topological polar surface area (TPSA) is 47.3 Å². The molecule has 0 amide bonds. The Hall–Kier alpha value is -1.13. The van der Waals surface area contributed by atoms with E-state index in [4.69, 9.17) is 10.6 Å². The van der Waals surface area contributed by atoms with Gasteiger partial charge in [-0.25, -0.2) is 4.39 Å². The van der Waals surface area contributed by atoms with E-state index in [1.54, 1.807) is 18.2 Å². The number of ether oxygens (including phenoxy) is 1. The van der Waals surface area contributed by atoms with Gasteiger partial charge in [0, 0.05) is 6.04 Å². The monoisotopic (exact) mass is 198 g/mol. The van der Waals surface area contributed by atoms with Gasteiger partial charge in [0.2, 0.25) is 0 Å². The number of hydrogen-bond acceptors (Lipinski definition) is 3. The van der Waals surface area contributed by atoms with E-state index in [-0.39, 0.29) is 17.6 Å². The first-order valence-electron chi connectivity index (χ1n) is 4.46. The van der Waals surface area contributed by atoms with E-state index in [2.05, 4.69) is 5.43 Å². The number of nitrogens with one attached hydrogen (secondary N) is 1. The zero-order valence-electron chi connectivity index (χ0n) is 8.38. The van der Waals surface area contributed by atoms with Crippen molar-refractivity contribution in [3.63, 3.8) is 0 Å². The standard InChI is InChI=1S/C10H15FN2O/c1-7(13-12)6-8-4-3-5-9(14-2)10(8)11/h3-5,7,13H,6,12H2,1-2H3. The molecule has 3 nitrogen and oxygen atoms in total. The molecule has 0 heterocycles. The second-order valence-electron chi connectivity index (χ2n) is 3.21. The predicted molar refractivity (Wildman–Crippen MR) is 53.4 cm³/mol. The second kappa shape index (κ2) is 4.93. The van der Waals surface area contributed by atoms with Crippen LogP contribution in [-0.4, -0.2) is 13.2 Å². The van der Waals surface area contributed by atoms with E-state index >= 15 is 0 Å². The summed E-state index contributed by atoms with van der Waals surface area (Å²) in [5.41, 5.74) is 3.18. The van der Waals surface area contributed by atoms with Gasteiger partial charge in [-0.2, -0.15) is 0 Å². The number of hydrazine groups is 1. The van der Waals surface area contributed by atoms with Crippen LogP contribution in [0.1, 0.15) is 12.5 Å². The summed E-state index contributed by atoms with van der Waals surface area (Å²) in [6.45, 7) is 1.89. The van der Waals surface area contributed by atoms with Crippen molar-refractivity contribution in [2.45, 2.75) is 19.4 Å². The first-order chi connectivity index (χ1) is 6.69. The van der Waals surface area contributed by atoms with Crippen molar-refractivity contribution in [2.24, 2.45) is 5.84 Å². The fourth-order valence-corrected chi connectivity index (χ4v) is 1.26. The van der Waals surface area contributed by atoms with Crippen LogP contribution in [0.4, 0.5) is 4.39 Å². The summed E-state index contributed by atoms with van der Waals surface area (Å²) in [5, 5.41) is 0. The molecule has 0 spiro atoms. The highest BCUT2D eigenvalue weighted by atomic mass is 19.1. The lowest BCUT2D eigenvalue weighted by atomic mass is 10.1. The first kappa shape index (κ1) is 10.9. The Morgan fingerprint density at radius 3 is 2.86 bits per heavy atom. The Kier molecular flexibility index (Phi) is 3.85. The molecular formula is C10H15FN2O. The molecule has 0 saturated heterocycles. The van der Waals surface area contributed by atoms with E-state index in [0.717, 1.165) is 0 Å². The van der Waals surface area contributed by atoms with Gasteiger partial charge in [-0.1, -0.05) is 12.1 Å². The van der Waals surface area contributed by atoms with Gasteiger partial charge in [0.25, 0.3) is 0 Å². The van der Waals surface area contributed by atoms with Crippen LogP contribution in [0.5, 0.6) is 5.75 Å². The van der Waals surface area contributed by atoms with Crippen LogP contribution in [0.15, 0.2) is 18.2 Å². The fraction of sp³-hybridized carbons (Fsp3) is 0.400. The van der Waals surface area contributed by atoms with Gasteiger partial charge in [0.1, 0.15) is 0 Å². The SMILES string of the molecule is COc1cccc(CC(C)NN)c1F. The van der Waals surface area contributed by atoms with Crippen LogP contribution in [0.3, 0.4) is 0 Å². The van der Waals surface area contributed by atoms with Gasteiger partial charge in [0.15, 0.2) is 11.6 Å². The molecule has 3 N–H and O–H groups in total. The number of halogens is 1. The van der Waals surface area contributed by atoms with Gasteiger partial charge in [-0.3, -0.25) is 11.3 Å². The van der Waals surface area contributed by atoms with Crippen LogP contribution in [0, 0.1) is 5.82 Å². The third kappa shape index (κ3) is 2.43. The van der Waals surface area contributed by atoms with Crippen molar-refractivity contribution in [2.75, 3.05) is 7.11 Å². The maximum Gasteiger partial charge on any atom is 0.168 e. The van der Waals surface area contributed by atoms with Gasteiger partial charge >= 0.3 is 0 Å². The fourth-order valence-electron chi connectivity index (χ4n) is 1.26. The molecule has 0 aliphatic carbocycles. The highest BCUT2D eigenvalue weighted by molar-refractivity contribution is 5.31. The predicted octanol–water partition coefficient (Wildman–Crippen LogP) is 1.23. The number of benzene rings is 1. The molecule has 1 unspecified atom stereocenters. The van der Waals surface area contributed by atoms with Gasteiger partial charge < -0.3 is 4.74 Å². The number of nitrogens with two attached hydrogens (primary N) is 1. The number of methoxy groups -OCH3 is 1. The summed E-state index contributed by atoms with van der Waals surface area (Å²) in [6.07, 6.45) is 0.541. The van der Waals surface area contributed by atoms with Crippen LogP contribution in [0.2, 0.25) is 0 Å². The molecule has 1 aromatic carbocycles. The average Bonchev–Trinajstić information content (AvgIpc) is 2.21. The number of hydrogen-bond donors (Lipinski definition) is 2. The van der Waals surface area contributed by atoms with Crippen LogP contribution >= 0.6 is 0 Å². The zero-order valence-corrected chi connectivity index (χ0v) is 8.38. The van der Waals surface area contributed by atoms with Crippen LogP contribution in [-0.2, 0) is 6.42 Å². The Morgan fingerprint density at radius 2 is 2.29 bits per heavy atom. The lowest BCUT2D eigenvalue weighted by Crippen LogP contribution is -2.34. The molecule has 14 heavy (non-hydrogen) atoms. The Bertz CT molecular complexity index is 304. The molecule has 1 rings (SSSR count). The van der Waals surface area contributed by atoms with E-state index in [9.17, 15) is 4.39 Å². The van der Waals surface area contributed by atoms with E-state index < -0.39 is 0 Å². The van der Waals surface area contributed by atoms with Gasteiger partial charge in [-0.05, 0) is 25.0 Å². The van der Waals surface area contributed by atoms with Crippen molar-refractivity contribution in [3.8, 4) is 5.75 Å². The molecule has 78 valence electrons. The summed E-state index contributed by atoms with van der Waals surface area (Å²) in [6, 6.07) is 5.13. The van der Waals surface area contributed by atoms with E-state index in [1.165, 1.54) is 7.11 Å². The molecule has 4 heteroatoms. The Labute approximate surface area is 83.0 Å². The van der Waals surface area contributed by atoms with Crippen LogP contribution in [0.25, 0.3) is 0 Å². The average molecular weight is 198 g/mol. The molecule has 0 aliphatic heterocycles. The molecule has 0 fully saturated rings. The van der Waals surface area contributed by atoms with Crippen molar-refractivity contribution in [1.29, 1.82) is 0 Å². The maximum atomic E-state index is 13.6. The largest absolute Gasteiger partial charge is 0.494 e. The Balaban J connectivity index is 2.86. The summed E-state index contributed by atoms with van der Waals surface area (Å²) in [7, 11) is 1.45. The van der Waals surface area contributed by atoms with E-state index in [1.807, 2.05) is 6.92 Å². The van der Waals surface area contributed by atoms with E-state index in [0.29, 0.717) is 12.0 Å². The normalized spacial score (nSPS) is 12.6. The van der Waals surface area contributed by atoms with Crippen molar-refractivity contribution >= 4 is 0 Å². The summed E-state index contributed by atoms with van der Waals surface area (Å²) < 4.78 is 18.5. The summed E-state index contributed by atoms with van der Waals surface area (Å²) >= 11 is 0. The third-order valence-electron chi connectivity index (χ3n) is 2.07. The second-order valence-corrected chi connectivity index (χ2v) is 3.21. The quantitative estimate of drug-likeness (QED) is 0.565. The van der Waals surface area contributed by atoms with Crippen molar-refractivity contribution in [3.05, 3.63) is 29.6 Å². The minimum atomic E-state index is -0.308. The zero-order chi connectivity index (χ0) is 10.6. The Morgan fingerprint density at radius 1 is 1.57 bits per heavy atom. The molecular weight excluding hydrogens is 183 g/mol. The number of rotatable bonds is 4. The van der Waals surface area contributed by atoms with Crippen molar-refractivity contribution < 1.29 is 9.13 Å². The van der Waals surface area contributed by atoms with Gasteiger partial charge in [0.05, 0.1) is 7.11 Å². The lowest BCUT2D eigenvalue weighted by molar-refractivity contribution is 0.383. The molecule has 0 bridgehead atoms. The lowest BCUT2D eigenvalue weighted by Gasteiger charge is -2.11.